The lowest BCUT2D eigenvalue weighted by Crippen LogP contribution is -2.30. The molecule has 0 saturated carbocycles. The molecule has 1 aliphatic rings. The quantitative estimate of drug-likeness (QED) is 0.334. The van der Waals surface area contributed by atoms with Gasteiger partial charge < -0.3 is 19.9 Å². The van der Waals surface area contributed by atoms with Crippen LogP contribution in [0.3, 0.4) is 0 Å². The molecule has 2 N–H and O–H groups in total. The number of hydrogen-bond donors (Lipinski definition) is 2. The van der Waals surface area contributed by atoms with Crippen LogP contribution in [0.25, 0.3) is 6.08 Å². The van der Waals surface area contributed by atoms with E-state index in [4.69, 9.17) is 14.6 Å². The maximum Gasteiger partial charge on any atom is 0.335 e. The monoisotopic (exact) mass is 486 g/mol. The fraction of sp³-hybridized carbons (Fsp3) is 0.179. The summed E-state index contributed by atoms with van der Waals surface area (Å²) in [5.41, 5.74) is 3.79. The number of amides is 3. The first-order valence-electron chi connectivity index (χ1n) is 11.5. The number of rotatable bonds is 9. The smallest absolute Gasteiger partial charge is 0.335 e. The van der Waals surface area contributed by atoms with Crippen LogP contribution in [-0.4, -0.2) is 34.5 Å². The van der Waals surface area contributed by atoms with E-state index in [1.807, 2.05) is 38.1 Å². The Hall–Kier alpha value is -4.59. The second-order valence-corrected chi connectivity index (χ2v) is 8.30. The minimum Gasteiger partial charge on any atom is -0.490 e. The molecule has 1 saturated heterocycles. The summed E-state index contributed by atoms with van der Waals surface area (Å²) in [7, 11) is 0. The van der Waals surface area contributed by atoms with Crippen LogP contribution in [0, 0.1) is 6.92 Å². The lowest BCUT2D eigenvalue weighted by molar-refractivity contribution is -0.123. The van der Waals surface area contributed by atoms with Crippen LogP contribution >= 0.6 is 0 Å². The highest BCUT2D eigenvalue weighted by atomic mass is 16.5. The molecule has 4 rings (SSSR count). The molecule has 0 bridgehead atoms. The summed E-state index contributed by atoms with van der Waals surface area (Å²) < 4.78 is 11.6. The van der Waals surface area contributed by atoms with Crippen LogP contribution in [0.2, 0.25) is 0 Å². The number of urea groups is 1. The predicted octanol–water partition coefficient (Wildman–Crippen LogP) is 4.76. The Labute approximate surface area is 208 Å². The number of imide groups is 1. The summed E-state index contributed by atoms with van der Waals surface area (Å²) in [5.74, 6) is -0.391. The third-order valence-corrected chi connectivity index (χ3v) is 5.56. The average Bonchev–Trinajstić information content (AvgIpc) is 3.11. The standard InChI is InChI=1S/C28H26N2O6/c1-3-35-25-15-20(9-12-24(25)36-17-19-7-10-22(11-8-19)27(32)33)14-23-26(31)30(28(34)29-23)16-21-6-4-5-18(2)13-21/h4-15H,3,16-17H2,1-2H3,(H,29,34)(H,32,33)/b23-14+. The summed E-state index contributed by atoms with van der Waals surface area (Å²) in [6.45, 7) is 4.63. The first-order valence-corrected chi connectivity index (χ1v) is 11.5. The second kappa shape index (κ2) is 10.8. The van der Waals surface area contributed by atoms with Crippen LogP contribution in [0.15, 0.2) is 72.4 Å². The second-order valence-electron chi connectivity index (χ2n) is 8.30. The van der Waals surface area contributed by atoms with Crippen molar-refractivity contribution in [3.63, 3.8) is 0 Å². The minimum atomic E-state index is -0.985. The van der Waals surface area contributed by atoms with E-state index in [1.54, 1.807) is 36.4 Å². The van der Waals surface area contributed by atoms with Gasteiger partial charge in [-0.3, -0.25) is 9.69 Å². The maximum absolute atomic E-state index is 12.9. The van der Waals surface area contributed by atoms with Gasteiger partial charge in [-0.2, -0.15) is 0 Å². The molecule has 1 aliphatic heterocycles. The zero-order chi connectivity index (χ0) is 25.7. The predicted molar refractivity (Wildman–Crippen MR) is 134 cm³/mol. The van der Waals surface area contributed by atoms with Crippen molar-refractivity contribution in [2.24, 2.45) is 0 Å². The molecule has 1 heterocycles. The number of nitrogens with one attached hydrogen (secondary N) is 1. The number of aromatic carboxylic acids is 1. The van der Waals surface area contributed by atoms with Gasteiger partial charge in [0.15, 0.2) is 11.5 Å². The molecule has 36 heavy (non-hydrogen) atoms. The highest BCUT2D eigenvalue weighted by Crippen LogP contribution is 2.30. The summed E-state index contributed by atoms with van der Waals surface area (Å²) in [4.78, 5) is 37.5. The van der Waals surface area contributed by atoms with Crippen molar-refractivity contribution in [3.8, 4) is 11.5 Å². The van der Waals surface area contributed by atoms with Gasteiger partial charge in [0.2, 0.25) is 0 Å². The third-order valence-electron chi connectivity index (χ3n) is 5.56. The SMILES string of the molecule is CCOc1cc(/C=C2/NC(=O)N(Cc3cccc(C)c3)C2=O)ccc1OCc1ccc(C(=O)O)cc1. The summed E-state index contributed by atoms with van der Waals surface area (Å²) in [5, 5.41) is 11.7. The van der Waals surface area contributed by atoms with Gasteiger partial charge in [-0.1, -0.05) is 48.0 Å². The van der Waals surface area contributed by atoms with E-state index in [2.05, 4.69) is 5.32 Å². The van der Waals surface area contributed by atoms with Gasteiger partial charge in [-0.25, -0.2) is 9.59 Å². The van der Waals surface area contributed by atoms with E-state index < -0.39 is 17.9 Å². The highest BCUT2D eigenvalue weighted by Gasteiger charge is 2.33. The number of aryl methyl sites for hydroxylation is 1. The van der Waals surface area contributed by atoms with E-state index in [0.29, 0.717) is 23.7 Å². The molecule has 0 radical (unpaired) electrons. The van der Waals surface area contributed by atoms with E-state index in [-0.39, 0.29) is 24.4 Å². The number of benzene rings is 3. The van der Waals surface area contributed by atoms with Gasteiger partial charge in [0.05, 0.1) is 18.7 Å². The van der Waals surface area contributed by atoms with Crippen molar-refractivity contribution in [2.75, 3.05) is 6.61 Å². The molecule has 0 aliphatic carbocycles. The molecule has 0 atom stereocenters. The van der Waals surface area contributed by atoms with Crippen LogP contribution < -0.4 is 14.8 Å². The summed E-state index contributed by atoms with van der Waals surface area (Å²) in [6.07, 6.45) is 1.60. The van der Waals surface area contributed by atoms with Crippen LogP contribution in [0.4, 0.5) is 4.79 Å². The van der Waals surface area contributed by atoms with Gasteiger partial charge in [0.1, 0.15) is 12.3 Å². The van der Waals surface area contributed by atoms with E-state index in [9.17, 15) is 14.4 Å². The molecule has 0 spiro atoms. The van der Waals surface area contributed by atoms with E-state index in [1.165, 1.54) is 17.0 Å². The Morgan fingerprint density at radius 2 is 1.75 bits per heavy atom. The lowest BCUT2D eigenvalue weighted by Gasteiger charge is -2.13. The highest BCUT2D eigenvalue weighted by molar-refractivity contribution is 6.13. The van der Waals surface area contributed by atoms with Gasteiger partial charge >= 0.3 is 12.0 Å². The lowest BCUT2D eigenvalue weighted by atomic mass is 10.1. The zero-order valence-electron chi connectivity index (χ0n) is 20.0. The number of hydrogen-bond acceptors (Lipinski definition) is 5. The van der Waals surface area contributed by atoms with Crippen molar-refractivity contribution in [3.05, 3.63) is 100 Å². The minimum absolute atomic E-state index is 0.183. The topological polar surface area (TPSA) is 105 Å². The van der Waals surface area contributed by atoms with Crippen molar-refractivity contribution in [2.45, 2.75) is 27.0 Å². The maximum atomic E-state index is 12.9. The Morgan fingerprint density at radius 3 is 2.44 bits per heavy atom. The number of carbonyl (C=O) groups excluding carboxylic acids is 2. The van der Waals surface area contributed by atoms with Crippen LogP contribution in [0.5, 0.6) is 11.5 Å². The molecule has 0 unspecified atom stereocenters. The van der Waals surface area contributed by atoms with E-state index in [0.717, 1.165) is 16.7 Å². The first-order chi connectivity index (χ1) is 17.3. The van der Waals surface area contributed by atoms with Gasteiger partial charge in [-0.05, 0) is 60.9 Å². The molecule has 1 fully saturated rings. The molecule has 3 aromatic rings. The first kappa shape index (κ1) is 24.5. The molecule has 8 nitrogen and oxygen atoms in total. The largest absolute Gasteiger partial charge is 0.490 e. The molecular formula is C28H26N2O6. The molecule has 3 amide bonds. The number of carbonyl (C=O) groups is 3. The zero-order valence-corrected chi connectivity index (χ0v) is 20.0. The number of carboxylic acids is 1. The third kappa shape index (κ3) is 5.72. The molecule has 8 heteroatoms. The average molecular weight is 487 g/mol. The Balaban J connectivity index is 1.48. The molecular weight excluding hydrogens is 460 g/mol. The van der Waals surface area contributed by atoms with Gasteiger partial charge in [-0.15, -0.1) is 0 Å². The number of carboxylic acid groups (broad SMARTS) is 1. The summed E-state index contributed by atoms with van der Waals surface area (Å²) >= 11 is 0. The van der Waals surface area contributed by atoms with Crippen LogP contribution in [-0.2, 0) is 17.9 Å². The van der Waals surface area contributed by atoms with Crippen molar-refractivity contribution >= 4 is 24.0 Å². The Kier molecular flexibility index (Phi) is 7.34. The van der Waals surface area contributed by atoms with Crippen molar-refractivity contribution < 1.29 is 29.0 Å². The fourth-order valence-corrected chi connectivity index (χ4v) is 3.78. The van der Waals surface area contributed by atoms with E-state index >= 15 is 0 Å². The van der Waals surface area contributed by atoms with Crippen LogP contribution in [0.1, 0.15) is 39.5 Å². The fourth-order valence-electron chi connectivity index (χ4n) is 3.78. The number of ether oxygens (including phenoxy) is 2. The normalized spacial score (nSPS) is 14.2. The number of nitrogens with zero attached hydrogens (tertiary/aromatic N) is 1. The Bertz CT molecular complexity index is 1330. The molecule has 3 aromatic carbocycles. The summed E-state index contributed by atoms with van der Waals surface area (Å²) in [6, 6.07) is 18.9. The van der Waals surface area contributed by atoms with Gasteiger partial charge in [0, 0.05) is 0 Å². The van der Waals surface area contributed by atoms with Crippen molar-refractivity contribution in [1.82, 2.24) is 10.2 Å². The van der Waals surface area contributed by atoms with Gasteiger partial charge in [0.25, 0.3) is 5.91 Å². The Morgan fingerprint density at radius 1 is 0.972 bits per heavy atom. The molecule has 184 valence electrons. The molecule has 0 aromatic heterocycles. The van der Waals surface area contributed by atoms with Crippen molar-refractivity contribution in [1.29, 1.82) is 0 Å².